The Morgan fingerprint density at radius 3 is 2.60 bits per heavy atom. The summed E-state index contributed by atoms with van der Waals surface area (Å²) in [7, 11) is 0. The second-order valence-electron chi connectivity index (χ2n) is 6.27. The highest BCUT2D eigenvalue weighted by Gasteiger charge is 2.29. The number of benzene rings is 2. The van der Waals surface area contributed by atoms with Crippen LogP contribution in [-0.4, -0.2) is 42.2 Å². The quantitative estimate of drug-likeness (QED) is 0.653. The first-order valence-corrected chi connectivity index (χ1v) is 10.1. The predicted octanol–water partition coefficient (Wildman–Crippen LogP) is 2.85. The zero-order valence-electron chi connectivity index (χ0n) is 16.2. The third-order valence-electron chi connectivity index (χ3n) is 4.12. The molecule has 8 nitrogen and oxygen atoms in total. The van der Waals surface area contributed by atoms with Gasteiger partial charge >= 0.3 is 11.9 Å². The highest BCUT2D eigenvalue weighted by Crippen LogP contribution is 2.36. The van der Waals surface area contributed by atoms with Gasteiger partial charge in [0.05, 0.1) is 35.2 Å². The topological polar surface area (TPSA) is 111 Å². The lowest BCUT2D eigenvalue weighted by atomic mass is 10.2. The molecular weight excluding hydrogens is 408 g/mol. The van der Waals surface area contributed by atoms with E-state index in [0.717, 1.165) is 4.90 Å². The Morgan fingerprint density at radius 2 is 1.80 bits per heavy atom. The summed E-state index contributed by atoms with van der Waals surface area (Å²) >= 11 is 1.28. The molecular formula is C21H20N2O6S. The zero-order chi connectivity index (χ0) is 21.5. The molecule has 9 heteroatoms. The number of thioether (sulfide) groups is 1. The maximum atomic E-state index is 12.2. The number of hydrogen-bond acceptors (Lipinski definition) is 7. The van der Waals surface area contributed by atoms with Crippen molar-refractivity contribution in [1.29, 1.82) is 0 Å². The lowest BCUT2D eigenvalue weighted by Gasteiger charge is -2.23. The first-order chi connectivity index (χ1) is 14.5. The second kappa shape index (κ2) is 9.93. The monoisotopic (exact) mass is 428 g/mol. The van der Waals surface area contributed by atoms with E-state index >= 15 is 0 Å². The minimum absolute atomic E-state index is 0.169. The Balaban J connectivity index is 1.52. The highest BCUT2D eigenvalue weighted by atomic mass is 32.2. The van der Waals surface area contributed by atoms with E-state index in [0.29, 0.717) is 5.69 Å². The van der Waals surface area contributed by atoms with Crippen molar-refractivity contribution in [2.45, 2.75) is 23.5 Å². The number of amides is 2. The van der Waals surface area contributed by atoms with E-state index in [1.165, 1.54) is 17.8 Å². The van der Waals surface area contributed by atoms with Crippen LogP contribution < -0.4 is 10.6 Å². The van der Waals surface area contributed by atoms with Gasteiger partial charge in [-0.05, 0) is 31.2 Å². The number of anilines is 2. The molecule has 0 fully saturated rings. The Hall–Kier alpha value is -3.33. The van der Waals surface area contributed by atoms with Crippen molar-refractivity contribution in [1.82, 2.24) is 0 Å². The molecule has 30 heavy (non-hydrogen) atoms. The van der Waals surface area contributed by atoms with E-state index in [1.807, 2.05) is 18.2 Å². The standard InChI is InChI=1S/C21H20N2O6S/c1-2-28-21(27)13-7-3-4-8-14(13)22-18(24)12-29-19(25)11-17-20(26)23-15-9-5-6-10-16(15)30-17/h3-10,17H,2,11-12H2,1H3,(H,22,24)(H,23,26). The fourth-order valence-corrected chi connectivity index (χ4v) is 3.84. The summed E-state index contributed by atoms with van der Waals surface area (Å²) in [4.78, 5) is 49.2. The molecule has 0 aromatic heterocycles. The molecule has 156 valence electrons. The first-order valence-electron chi connectivity index (χ1n) is 9.26. The minimum Gasteiger partial charge on any atom is -0.462 e. The third-order valence-corrected chi connectivity index (χ3v) is 5.39. The van der Waals surface area contributed by atoms with Crippen LogP contribution in [0, 0.1) is 0 Å². The molecule has 2 aromatic carbocycles. The van der Waals surface area contributed by atoms with Gasteiger partial charge in [-0.2, -0.15) is 0 Å². The number of carbonyl (C=O) groups is 4. The number of carbonyl (C=O) groups excluding carboxylic acids is 4. The Labute approximate surface area is 177 Å². The average Bonchev–Trinajstić information content (AvgIpc) is 2.73. The summed E-state index contributed by atoms with van der Waals surface area (Å²) in [5.74, 6) is -2.13. The van der Waals surface area contributed by atoms with Gasteiger partial charge in [-0.15, -0.1) is 11.8 Å². The van der Waals surface area contributed by atoms with Gasteiger partial charge in [0.1, 0.15) is 0 Å². The lowest BCUT2D eigenvalue weighted by molar-refractivity contribution is -0.147. The van der Waals surface area contributed by atoms with Crippen molar-refractivity contribution >= 4 is 46.9 Å². The number of nitrogens with one attached hydrogen (secondary N) is 2. The van der Waals surface area contributed by atoms with E-state index < -0.39 is 29.7 Å². The molecule has 0 aliphatic carbocycles. The Kier molecular flexibility index (Phi) is 7.08. The van der Waals surface area contributed by atoms with Gasteiger partial charge in [-0.25, -0.2) is 4.79 Å². The van der Waals surface area contributed by atoms with Crippen LogP contribution in [0.15, 0.2) is 53.4 Å². The van der Waals surface area contributed by atoms with Crippen molar-refractivity contribution in [2.24, 2.45) is 0 Å². The minimum atomic E-state index is -0.671. The predicted molar refractivity (Wildman–Crippen MR) is 111 cm³/mol. The number of esters is 2. The largest absolute Gasteiger partial charge is 0.462 e. The summed E-state index contributed by atoms with van der Waals surface area (Å²) in [6.07, 6.45) is -0.169. The molecule has 1 atom stereocenters. The highest BCUT2D eigenvalue weighted by molar-refractivity contribution is 8.01. The van der Waals surface area contributed by atoms with Crippen LogP contribution in [0.3, 0.4) is 0 Å². The molecule has 2 aromatic rings. The van der Waals surface area contributed by atoms with Crippen LogP contribution >= 0.6 is 11.8 Å². The van der Waals surface area contributed by atoms with E-state index in [-0.39, 0.29) is 30.2 Å². The fraction of sp³-hybridized carbons (Fsp3) is 0.238. The van der Waals surface area contributed by atoms with Crippen LogP contribution in [0.2, 0.25) is 0 Å². The van der Waals surface area contributed by atoms with Crippen molar-refractivity contribution in [3.05, 3.63) is 54.1 Å². The normalized spacial score (nSPS) is 14.8. The number of hydrogen-bond donors (Lipinski definition) is 2. The Morgan fingerprint density at radius 1 is 1.07 bits per heavy atom. The zero-order valence-corrected chi connectivity index (χ0v) is 17.0. The number of para-hydroxylation sites is 2. The number of ether oxygens (including phenoxy) is 2. The van der Waals surface area contributed by atoms with Gasteiger partial charge in [0.2, 0.25) is 5.91 Å². The molecule has 1 heterocycles. The molecule has 0 saturated heterocycles. The van der Waals surface area contributed by atoms with Crippen LogP contribution in [-0.2, 0) is 23.9 Å². The van der Waals surface area contributed by atoms with Gasteiger partial charge < -0.3 is 20.1 Å². The SMILES string of the molecule is CCOC(=O)c1ccccc1NC(=O)COC(=O)CC1Sc2ccccc2NC1=O. The Bertz CT molecular complexity index is 977. The molecule has 2 N–H and O–H groups in total. The summed E-state index contributed by atoms with van der Waals surface area (Å²) in [5.41, 5.74) is 1.17. The van der Waals surface area contributed by atoms with Crippen LogP contribution in [0.4, 0.5) is 11.4 Å². The van der Waals surface area contributed by atoms with Gasteiger partial charge in [0.15, 0.2) is 6.61 Å². The molecule has 0 saturated carbocycles. The van der Waals surface area contributed by atoms with Crippen molar-refractivity contribution < 1.29 is 28.7 Å². The molecule has 2 amide bonds. The first kappa shape index (κ1) is 21.4. The van der Waals surface area contributed by atoms with E-state index in [1.54, 1.807) is 31.2 Å². The number of fused-ring (bicyclic) bond motifs is 1. The van der Waals surface area contributed by atoms with Crippen LogP contribution in [0.1, 0.15) is 23.7 Å². The second-order valence-corrected chi connectivity index (χ2v) is 7.52. The van der Waals surface area contributed by atoms with Gasteiger partial charge in [-0.3, -0.25) is 14.4 Å². The summed E-state index contributed by atoms with van der Waals surface area (Å²) in [5, 5.41) is 4.64. The van der Waals surface area contributed by atoms with Gasteiger partial charge in [-0.1, -0.05) is 24.3 Å². The molecule has 0 bridgehead atoms. The molecule has 1 aliphatic heterocycles. The summed E-state index contributed by atoms with van der Waals surface area (Å²) in [6.45, 7) is 1.35. The maximum Gasteiger partial charge on any atom is 0.340 e. The number of rotatable bonds is 7. The van der Waals surface area contributed by atoms with Crippen molar-refractivity contribution in [3.63, 3.8) is 0 Å². The van der Waals surface area contributed by atoms with Crippen LogP contribution in [0.25, 0.3) is 0 Å². The maximum absolute atomic E-state index is 12.2. The molecule has 3 rings (SSSR count). The van der Waals surface area contributed by atoms with E-state index in [9.17, 15) is 19.2 Å². The van der Waals surface area contributed by atoms with Gasteiger partial charge in [0, 0.05) is 4.90 Å². The van der Waals surface area contributed by atoms with Crippen molar-refractivity contribution in [3.8, 4) is 0 Å². The molecule has 0 radical (unpaired) electrons. The van der Waals surface area contributed by atoms with E-state index in [4.69, 9.17) is 9.47 Å². The van der Waals surface area contributed by atoms with Crippen LogP contribution in [0.5, 0.6) is 0 Å². The summed E-state index contributed by atoms with van der Waals surface area (Å²) in [6, 6.07) is 13.7. The van der Waals surface area contributed by atoms with E-state index in [2.05, 4.69) is 10.6 Å². The van der Waals surface area contributed by atoms with Crippen molar-refractivity contribution in [2.75, 3.05) is 23.8 Å². The van der Waals surface area contributed by atoms with Gasteiger partial charge in [0.25, 0.3) is 5.91 Å². The third kappa shape index (κ3) is 5.38. The lowest BCUT2D eigenvalue weighted by Crippen LogP contribution is -2.32. The molecule has 0 spiro atoms. The fourth-order valence-electron chi connectivity index (χ4n) is 2.75. The molecule has 1 unspecified atom stereocenters. The molecule has 1 aliphatic rings. The summed E-state index contributed by atoms with van der Waals surface area (Å²) < 4.78 is 9.95. The average molecular weight is 428 g/mol. The smallest absolute Gasteiger partial charge is 0.340 e.